The number of benzene rings is 3. The van der Waals surface area contributed by atoms with Crippen molar-refractivity contribution in [2.24, 2.45) is 0 Å². The van der Waals surface area contributed by atoms with Crippen molar-refractivity contribution in [3.05, 3.63) is 72.3 Å². The lowest BCUT2D eigenvalue weighted by atomic mass is 10.0. The van der Waals surface area contributed by atoms with E-state index in [0.717, 1.165) is 11.4 Å². The Balaban J connectivity index is 0.00000133. The molecule has 0 bridgehead atoms. The number of anilines is 2. The molecule has 0 saturated heterocycles. The summed E-state index contributed by atoms with van der Waals surface area (Å²) in [5, 5.41) is 6.04. The molecule has 0 aromatic heterocycles. The Kier molecular flexibility index (Phi) is 4.08. The highest BCUT2D eigenvalue weighted by Gasteiger charge is 2.02. The van der Waals surface area contributed by atoms with E-state index in [1.807, 2.05) is 18.2 Å². The van der Waals surface area contributed by atoms with Crippen LogP contribution in [0.5, 0.6) is 0 Å². The van der Waals surface area contributed by atoms with Crippen LogP contribution in [0.3, 0.4) is 0 Å². The number of hydrogen-bond donors (Lipinski definition) is 1. The molecule has 0 amide bonds. The van der Waals surface area contributed by atoms with Gasteiger partial charge in [0, 0.05) is 16.8 Å². The molecule has 3 aromatic rings. The van der Waals surface area contributed by atoms with Gasteiger partial charge in [-0.05, 0) is 36.1 Å². The van der Waals surface area contributed by atoms with Gasteiger partial charge in [-0.3, -0.25) is 0 Å². The maximum Gasteiger partial charge on any atom is 0.0464 e. The first-order valence-corrected chi connectivity index (χ1v) is 6.15. The number of fused-ring (bicyclic) bond motifs is 1. The summed E-state index contributed by atoms with van der Waals surface area (Å²) in [7, 11) is 0. The molecule has 19 heavy (non-hydrogen) atoms. The van der Waals surface area contributed by atoms with E-state index in [1.165, 1.54) is 16.3 Å². The molecule has 0 saturated carbocycles. The number of hydrogen-bond acceptors (Lipinski definition) is 1. The lowest BCUT2D eigenvalue weighted by molar-refractivity contribution is 1.51. The molecule has 3 rings (SSSR count). The Labute approximate surface area is 119 Å². The summed E-state index contributed by atoms with van der Waals surface area (Å²) in [4.78, 5) is 0. The van der Waals surface area contributed by atoms with Crippen molar-refractivity contribution in [3.8, 4) is 0 Å². The molecule has 0 fully saturated rings. The third-order valence-electron chi connectivity index (χ3n) is 3.19. The zero-order valence-corrected chi connectivity index (χ0v) is 11.6. The van der Waals surface area contributed by atoms with E-state index in [9.17, 15) is 0 Å². The van der Waals surface area contributed by atoms with Gasteiger partial charge < -0.3 is 5.32 Å². The van der Waals surface area contributed by atoms with Gasteiger partial charge in [0.15, 0.2) is 0 Å². The van der Waals surface area contributed by atoms with Crippen molar-refractivity contribution in [2.75, 3.05) is 5.32 Å². The van der Waals surface area contributed by atoms with E-state index in [1.54, 1.807) is 0 Å². The van der Waals surface area contributed by atoms with Gasteiger partial charge in [-0.25, -0.2) is 0 Å². The van der Waals surface area contributed by atoms with E-state index in [4.69, 9.17) is 0 Å². The van der Waals surface area contributed by atoms with E-state index >= 15 is 0 Å². The van der Waals surface area contributed by atoms with Crippen molar-refractivity contribution in [3.63, 3.8) is 0 Å². The molecule has 1 nitrogen and oxygen atoms in total. The fourth-order valence-corrected chi connectivity index (χ4v) is 2.24. The average Bonchev–Trinajstić information content (AvgIpc) is 2.44. The van der Waals surface area contributed by atoms with Gasteiger partial charge >= 0.3 is 0 Å². The normalized spacial score (nSPS) is 9.95. The SMILES string of the molecule is Cc1ccc(Nc2ccccc2)c2ccccc12.Cl. The van der Waals surface area contributed by atoms with Gasteiger partial charge in [-0.15, -0.1) is 12.4 Å². The summed E-state index contributed by atoms with van der Waals surface area (Å²) in [5.74, 6) is 0. The molecular weight excluding hydrogens is 254 g/mol. The lowest BCUT2D eigenvalue weighted by Crippen LogP contribution is -1.91. The van der Waals surface area contributed by atoms with Gasteiger partial charge in [-0.2, -0.15) is 0 Å². The van der Waals surface area contributed by atoms with Gasteiger partial charge in [0.05, 0.1) is 0 Å². The molecule has 0 unspecified atom stereocenters. The van der Waals surface area contributed by atoms with Crippen molar-refractivity contribution in [2.45, 2.75) is 6.92 Å². The maximum absolute atomic E-state index is 3.47. The summed E-state index contributed by atoms with van der Waals surface area (Å²) in [5.41, 5.74) is 3.58. The standard InChI is InChI=1S/C17H15N.ClH/c1-13-11-12-17(16-10-6-5-9-15(13)16)18-14-7-3-2-4-8-14;/h2-12,18H,1H3;1H. The first-order valence-electron chi connectivity index (χ1n) is 6.15. The summed E-state index contributed by atoms with van der Waals surface area (Å²) >= 11 is 0. The first-order chi connectivity index (χ1) is 8.84. The minimum Gasteiger partial charge on any atom is -0.355 e. The van der Waals surface area contributed by atoms with Crippen LogP contribution in [-0.2, 0) is 0 Å². The second-order valence-electron chi connectivity index (χ2n) is 4.47. The smallest absolute Gasteiger partial charge is 0.0464 e. The third-order valence-corrected chi connectivity index (χ3v) is 3.19. The van der Waals surface area contributed by atoms with Crippen molar-refractivity contribution in [1.82, 2.24) is 0 Å². The number of aryl methyl sites for hydroxylation is 1. The average molecular weight is 270 g/mol. The maximum atomic E-state index is 3.47. The van der Waals surface area contributed by atoms with Crippen LogP contribution in [0.25, 0.3) is 10.8 Å². The van der Waals surface area contributed by atoms with Gasteiger partial charge in [0.2, 0.25) is 0 Å². The van der Waals surface area contributed by atoms with Gasteiger partial charge in [-0.1, -0.05) is 48.5 Å². The van der Waals surface area contributed by atoms with Crippen molar-refractivity contribution < 1.29 is 0 Å². The Morgan fingerprint density at radius 3 is 2.05 bits per heavy atom. The van der Waals surface area contributed by atoms with Crippen LogP contribution in [0.1, 0.15) is 5.56 Å². The van der Waals surface area contributed by atoms with Crippen LogP contribution in [0.15, 0.2) is 66.7 Å². The number of nitrogens with one attached hydrogen (secondary N) is 1. The van der Waals surface area contributed by atoms with Gasteiger partial charge in [0.25, 0.3) is 0 Å². The molecule has 96 valence electrons. The highest BCUT2D eigenvalue weighted by molar-refractivity contribution is 5.97. The topological polar surface area (TPSA) is 12.0 Å². The zero-order valence-electron chi connectivity index (χ0n) is 10.8. The van der Waals surface area contributed by atoms with Crippen molar-refractivity contribution >= 4 is 34.6 Å². The Bertz CT molecular complexity index is 677. The number of rotatable bonds is 2. The number of halogens is 1. The molecule has 0 atom stereocenters. The second kappa shape index (κ2) is 5.77. The molecule has 2 heteroatoms. The fraction of sp³-hybridized carbons (Fsp3) is 0.0588. The van der Waals surface area contributed by atoms with E-state index < -0.39 is 0 Å². The van der Waals surface area contributed by atoms with Crippen LogP contribution >= 0.6 is 12.4 Å². The predicted octanol–water partition coefficient (Wildman–Crippen LogP) is 5.31. The highest BCUT2D eigenvalue weighted by atomic mass is 35.5. The Morgan fingerprint density at radius 2 is 1.32 bits per heavy atom. The molecule has 0 radical (unpaired) electrons. The van der Waals surface area contributed by atoms with Crippen LogP contribution in [0.4, 0.5) is 11.4 Å². The molecule has 0 aliphatic carbocycles. The molecule has 3 aromatic carbocycles. The monoisotopic (exact) mass is 269 g/mol. The zero-order chi connectivity index (χ0) is 12.4. The summed E-state index contributed by atoms with van der Waals surface area (Å²) in [6, 6.07) is 23.1. The molecule has 0 spiro atoms. The highest BCUT2D eigenvalue weighted by Crippen LogP contribution is 2.28. The van der Waals surface area contributed by atoms with Gasteiger partial charge in [0.1, 0.15) is 0 Å². The van der Waals surface area contributed by atoms with Crippen molar-refractivity contribution in [1.29, 1.82) is 0 Å². The third kappa shape index (κ3) is 2.72. The molecule has 0 aliphatic heterocycles. The number of para-hydroxylation sites is 1. The predicted molar refractivity (Wildman–Crippen MR) is 85.7 cm³/mol. The molecule has 0 aliphatic rings. The van der Waals surface area contributed by atoms with E-state index in [-0.39, 0.29) is 12.4 Å². The Hall–Kier alpha value is -1.99. The fourth-order valence-electron chi connectivity index (χ4n) is 2.24. The minimum atomic E-state index is 0. The first kappa shape index (κ1) is 13.4. The molecule has 0 heterocycles. The minimum absolute atomic E-state index is 0. The summed E-state index contributed by atoms with van der Waals surface area (Å²) in [6.45, 7) is 2.15. The lowest BCUT2D eigenvalue weighted by Gasteiger charge is -2.11. The summed E-state index contributed by atoms with van der Waals surface area (Å²) in [6.07, 6.45) is 0. The quantitative estimate of drug-likeness (QED) is 0.664. The molecular formula is C17H16ClN. The largest absolute Gasteiger partial charge is 0.355 e. The van der Waals surface area contributed by atoms with E-state index in [2.05, 4.69) is 60.8 Å². The van der Waals surface area contributed by atoms with Crippen LogP contribution < -0.4 is 5.32 Å². The second-order valence-corrected chi connectivity index (χ2v) is 4.47. The van der Waals surface area contributed by atoms with E-state index in [0.29, 0.717) is 0 Å². The van der Waals surface area contributed by atoms with Crippen LogP contribution in [0, 0.1) is 6.92 Å². The van der Waals surface area contributed by atoms with Crippen LogP contribution in [0.2, 0.25) is 0 Å². The molecule has 1 N–H and O–H groups in total. The Morgan fingerprint density at radius 1 is 0.684 bits per heavy atom. The summed E-state index contributed by atoms with van der Waals surface area (Å²) < 4.78 is 0. The van der Waals surface area contributed by atoms with Crippen LogP contribution in [-0.4, -0.2) is 0 Å².